The predicted octanol–water partition coefficient (Wildman–Crippen LogP) is 1.49. The van der Waals surface area contributed by atoms with Crippen molar-refractivity contribution in [2.75, 3.05) is 13.1 Å². The van der Waals surface area contributed by atoms with Crippen LogP contribution >= 0.6 is 0 Å². The Morgan fingerprint density at radius 2 is 2.44 bits per heavy atom. The van der Waals surface area contributed by atoms with Gasteiger partial charge in [0.1, 0.15) is 0 Å². The Morgan fingerprint density at radius 3 is 2.94 bits per heavy atom. The van der Waals surface area contributed by atoms with Crippen LogP contribution in [0.15, 0.2) is 17.8 Å². The molecule has 1 atom stereocenters. The molecule has 0 aliphatic rings. The molecule has 0 heterocycles. The molecule has 0 radical (unpaired) electrons. The van der Waals surface area contributed by atoms with Crippen LogP contribution in [0.3, 0.4) is 0 Å². The molecule has 0 saturated heterocycles. The third-order valence-corrected chi connectivity index (χ3v) is 2.41. The zero-order chi connectivity index (χ0) is 12.4. The summed E-state index contributed by atoms with van der Waals surface area (Å²) in [5.74, 6) is -0.377. The maximum absolute atomic E-state index is 11.3. The van der Waals surface area contributed by atoms with E-state index in [1.165, 1.54) is 0 Å². The number of azide groups is 1. The summed E-state index contributed by atoms with van der Waals surface area (Å²) in [6.45, 7) is 6.39. The van der Waals surface area contributed by atoms with Crippen LogP contribution in [0.5, 0.6) is 0 Å². The molecule has 16 heavy (non-hydrogen) atoms. The summed E-state index contributed by atoms with van der Waals surface area (Å²) in [4.78, 5) is 13.9. The number of carbonyl (C=O) groups is 1. The standard InChI is InChI=1S/C10H19N5O/c1-3-4-6-10(2,9(11)16)13-7-5-8-14-15-12/h3,13H,1,4-8H2,2H3,(H2,11,16). The highest BCUT2D eigenvalue weighted by molar-refractivity contribution is 5.84. The third-order valence-electron chi connectivity index (χ3n) is 2.41. The van der Waals surface area contributed by atoms with Crippen molar-refractivity contribution in [3.63, 3.8) is 0 Å². The van der Waals surface area contributed by atoms with E-state index in [0.29, 0.717) is 25.9 Å². The van der Waals surface area contributed by atoms with Gasteiger partial charge in [-0.05, 0) is 38.3 Å². The number of nitrogens with zero attached hydrogens (tertiary/aromatic N) is 3. The SMILES string of the molecule is C=CCCC(C)(NCCCN=[N+]=[N-])C(N)=O. The summed E-state index contributed by atoms with van der Waals surface area (Å²) in [7, 11) is 0. The van der Waals surface area contributed by atoms with Crippen molar-refractivity contribution in [1.29, 1.82) is 0 Å². The van der Waals surface area contributed by atoms with Crippen molar-refractivity contribution in [1.82, 2.24) is 5.32 Å². The summed E-state index contributed by atoms with van der Waals surface area (Å²) < 4.78 is 0. The number of primary amides is 1. The van der Waals surface area contributed by atoms with Crippen LogP contribution in [-0.4, -0.2) is 24.5 Å². The van der Waals surface area contributed by atoms with Crippen molar-refractivity contribution in [2.24, 2.45) is 10.8 Å². The van der Waals surface area contributed by atoms with Crippen molar-refractivity contribution in [3.8, 4) is 0 Å². The maximum atomic E-state index is 11.3. The molecule has 0 aromatic heterocycles. The van der Waals surface area contributed by atoms with Crippen LogP contribution < -0.4 is 11.1 Å². The minimum absolute atomic E-state index is 0.377. The molecule has 1 unspecified atom stereocenters. The van der Waals surface area contributed by atoms with E-state index >= 15 is 0 Å². The average molecular weight is 225 g/mol. The Kier molecular flexibility index (Phi) is 7.00. The van der Waals surface area contributed by atoms with Crippen molar-refractivity contribution < 1.29 is 4.79 Å². The highest BCUT2D eigenvalue weighted by Crippen LogP contribution is 2.12. The van der Waals surface area contributed by atoms with Gasteiger partial charge in [0.05, 0.1) is 5.54 Å². The number of carbonyl (C=O) groups excluding carboxylic acids is 1. The van der Waals surface area contributed by atoms with Crippen molar-refractivity contribution >= 4 is 5.91 Å². The number of hydrogen-bond donors (Lipinski definition) is 2. The normalized spacial score (nSPS) is 13.6. The Labute approximate surface area is 95.5 Å². The summed E-state index contributed by atoms with van der Waals surface area (Å²) in [6, 6.07) is 0. The molecule has 0 spiro atoms. The molecular weight excluding hydrogens is 206 g/mol. The molecule has 0 aromatic carbocycles. The van der Waals surface area contributed by atoms with E-state index in [9.17, 15) is 4.79 Å². The first-order valence-electron chi connectivity index (χ1n) is 5.23. The molecule has 1 amide bonds. The van der Waals surface area contributed by atoms with Crippen LogP contribution in [-0.2, 0) is 4.79 Å². The van der Waals surface area contributed by atoms with Crippen LogP contribution in [0.2, 0.25) is 0 Å². The Bertz CT molecular complexity index is 285. The summed E-state index contributed by atoms with van der Waals surface area (Å²) in [5.41, 5.74) is 12.7. The van der Waals surface area contributed by atoms with Gasteiger partial charge in [-0.2, -0.15) is 0 Å². The highest BCUT2D eigenvalue weighted by atomic mass is 16.1. The second-order valence-corrected chi connectivity index (χ2v) is 3.76. The minimum Gasteiger partial charge on any atom is -0.368 e. The van der Waals surface area contributed by atoms with Gasteiger partial charge in [0.25, 0.3) is 0 Å². The van der Waals surface area contributed by atoms with Crippen LogP contribution in [0.1, 0.15) is 26.2 Å². The Morgan fingerprint density at radius 1 is 1.75 bits per heavy atom. The van der Waals surface area contributed by atoms with Gasteiger partial charge in [-0.1, -0.05) is 11.2 Å². The lowest BCUT2D eigenvalue weighted by Gasteiger charge is -2.27. The molecule has 0 bridgehead atoms. The Balaban J connectivity index is 4.06. The molecule has 6 heteroatoms. The fourth-order valence-electron chi connectivity index (χ4n) is 1.25. The molecule has 6 nitrogen and oxygen atoms in total. The first-order valence-corrected chi connectivity index (χ1v) is 5.23. The van der Waals surface area contributed by atoms with E-state index in [0.717, 1.165) is 6.42 Å². The van der Waals surface area contributed by atoms with Crippen LogP contribution in [0.25, 0.3) is 10.4 Å². The topological polar surface area (TPSA) is 104 Å². The zero-order valence-corrected chi connectivity index (χ0v) is 9.65. The van der Waals surface area contributed by atoms with Gasteiger partial charge >= 0.3 is 0 Å². The molecule has 3 N–H and O–H groups in total. The van der Waals surface area contributed by atoms with Gasteiger partial charge in [-0.15, -0.1) is 6.58 Å². The molecule has 90 valence electrons. The molecule has 0 saturated carbocycles. The number of hydrogen-bond acceptors (Lipinski definition) is 3. The largest absolute Gasteiger partial charge is 0.368 e. The highest BCUT2D eigenvalue weighted by Gasteiger charge is 2.28. The third kappa shape index (κ3) is 5.38. The lowest BCUT2D eigenvalue weighted by molar-refractivity contribution is -0.124. The number of amides is 1. The van der Waals surface area contributed by atoms with Crippen molar-refractivity contribution in [3.05, 3.63) is 23.1 Å². The number of nitrogens with one attached hydrogen (secondary N) is 1. The average Bonchev–Trinajstić information content (AvgIpc) is 2.26. The fraction of sp³-hybridized carbons (Fsp3) is 0.700. The fourth-order valence-corrected chi connectivity index (χ4v) is 1.25. The van der Waals surface area contributed by atoms with Gasteiger partial charge in [-0.25, -0.2) is 0 Å². The van der Waals surface area contributed by atoms with Gasteiger partial charge in [-0.3, -0.25) is 4.79 Å². The second kappa shape index (κ2) is 7.73. The van der Waals surface area contributed by atoms with E-state index in [2.05, 4.69) is 21.9 Å². The summed E-state index contributed by atoms with van der Waals surface area (Å²) in [6.07, 6.45) is 3.78. The van der Waals surface area contributed by atoms with E-state index in [-0.39, 0.29) is 5.91 Å². The quantitative estimate of drug-likeness (QED) is 0.204. The smallest absolute Gasteiger partial charge is 0.237 e. The minimum atomic E-state index is -0.718. The zero-order valence-electron chi connectivity index (χ0n) is 9.65. The van der Waals surface area contributed by atoms with E-state index < -0.39 is 5.54 Å². The number of rotatable bonds is 9. The van der Waals surface area contributed by atoms with Gasteiger partial charge in [0.15, 0.2) is 0 Å². The summed E-state index contributed by atoms with van der Waals surface area (Å²) >= 11 is 0. The van der Waals surface area contributed by atoms with Gasteiger partial charge < -0.3 is 11.1 Å². The lowest BCUT2D eigenvalue weighted by atomic mass is 9.95. The lowest BCUT2D eigenvalue weighted by Crippen LogP contribution is -2.53. The first-order chi connectivity index (χ1) is 7.56. The Hall–Kier alpha value is -1.52. The summed E-state index contributed by atoms with van der Waals surface area (Å²) in [5, 5.41) is 6.49. The predicted molar refractivity (Wildman–Crippen MR) is 63.7 cm³/mol. The molecule has 0 aliphatic carbocycles. The maximum Gasteiger partial charge on any atom is 0.237 e. The first kappa shape index (κ1) is 14.5. The van der Waals surface area contributed by atoms with Crippen LogP contribution in [0, 0.1) is 0 Å². The number of allylic oxidation sites excluding steroid dienone is 1. The molecule has 0 fully saturated rings. The second-order valence-electron chi connectivity index (χ2n) is 3.76. The van der Waals surface area contributed by atoms with E-state index in [1.54, 1.807) is 13.0 Å². The van der Waals surface area contributed by atoms with E-state index in [4.69, 9.17) is 11.3 Å². The van der Waals surface area contributed by atoms with E-state index in [1.807, 2.05) is 0 Å². The molecule has 0 aliphatic heterocycles. The molecule has 0 aromatic rings. The monoisotopic (exact) mass is 225 g/mol. The molecular formula is C10H19N5O. The van der Waals surface area contributed by atoms with Crippen molar-refractivity contribution in [2.45, 2.75) is 31.7 Å². The van der Waals surface area contributed by atoms with Crippen LogP contribution in [0.4, 0.5) is 0 Å². The molecule has 0 rings (SSSR count). The number of nitrogens with two attached hydrogens (primary N) is 1. The van der Waals surface area contributed by atoms with Gasteiger partial charge in [0.2, 0.25) is 5.91 Å². The van der Waals surface area contributed by atoms with Gasteiger partial charge in [0, 0.05) is 11.5 Å².